The summed E-state index contributed by atoms with van der Waals surface area (Å²) in [4.78, 5) is 28.4. The van der Waals surface area contributed by atoms with Crippen molar-refractivity contribution in [2.45, 2.75) is 13.0 Å². The van der Waals surface area contributed by atoms with E-state index in [-0.39, 0.29) is 11.3 Å². The molecule has 0 radical (unpaired) electrons. The summed E-state index contributed by atoms with van der Waals surface area (Å²) < 4.78 is 11.2. The van der Waals surface area contributed by atoms with Crippen molar-refractivity contribution in [2.75, 3.05) is 12.0 Å². The summed E-state index contributed by atoms with van der Waals surface area (Å²) >= 11 is 12.2. The van der Waals surface area contributed by atoms with Crippen LogP contribution in [0.5, 0.6) is 5.75 Å². The van der Waals surface area contributed by atoms with Crippen LogP contribution in [0.1, 0.15) is 27.7 Å². The van der Waals surface area contributed by atoms with Gasteiger partial charge in [-0.25, -0.2) is 0 Å². The number of ketones is 1. The van der Waals surface area contributed by atoms with Gasteiger partial charge in [-0.2, -0.15) is 0 Å². The first-order valence-electron chi connectivity index (χ1n) is 10.7. The number of ether oxygens (including phenoxy) is 1. The molecule has 1 atom stereocenters. The number of aryl methyl sites for hydroxylation is 1. The Morgan fingerprint density at radius 2 is 1.77 bits per heavy atom. The smallest absolute Gasteiger partial charge is 0.294 e. The predicted molar refractivity (Wildman–Crippen MR) is 135 cm³/mol. The molecule has 0 saturated carbocycles. The molecule has 1 amide bonds. The van der Waals surface area contributed by atoms with Gasteiger partial charge in [-0.15, -0.1) is 0 Å². The Hall–Kier alpha value is -3.74. The van der Waals surface area contributed by atoms with Crippen LogP contribution >= 0.6 is 23.2 Å². The quantitative estimate of drug-likeness (QED) is 0.299. The van der Waals surface area contributed by atoms with E-state index in [1.54, 1.807) is 42.5 Å². The van der Waals surface area contributed by atoms with Gasteiger partial charge in [0.05, 0.1) is 18.7 Å². The van der Waals surface area contributed by atoms with E-state index in [0.717, 1.165) is 5.56 Å². The second-order valence-electron chi connectivity index (χ2n) is 8.20. The molecule has 1 unspecified atom stereocenters. The molecule has 176 valence electrons. The van der Waals surface area contributed by atoms with Crippen molar-refractivity contribution in [3.63, 3.8) is 0 Å². The molecule has 1 N–H and O–H groups in total. The number of Topliss-reactive ketones (excluding diaryl/α,β-unsaturated/α-hetero) is 1. The Morgan fingerprint density at radius 3 is 2.46 bits per heavy atom. The lowest BCUT2D eigenvalue weighted by Crippen LogP contribution is -2.31. The van der Waals surface area contributed by atoms with Gasteiger partial charge in [-0.3, -0.25) is 14.5 Å². The molecule has 1 aliphatic rings. The Balaban J connectivity index is 1.67. The number of methoxy groups -OCH3 is 1. The number of aliphatic hydroxyl groups excluding tert-OH is 1. The van der Waals surface area contributed by atoms with Gasteiger partial charge in [-0.05, 0) is 48.9 Å². The minimum absolute atomic E-state index is 0.0504. The Bertz CT molecular complexity index is 1520. The Labute approximate surface area is 210 Å². The largest absolute Gasteiger partial charge is 0.503 e. The van der Waals surface area contributed by atoms with Crippen molar-refractivity contribution in [3.05, 3.63) is 105 Å². The van der Waals surface area contributed by atoms with Crippen LogP contribution in [0.3, 0.4) is 0 Å². The molecule has 0 aliphatic carbocycles. The third-order valence-corrected chi connectivity index (χ3v) is 6.38. The normalized spacial score (nSPS) is 15.8. The number of hydrogen-bond acceptors (Lipinski definition) is 5. The van der Waals surface area contributed by atoms with E-state index in [0.29, 0.717) is 38.0 Å². The molecular formula is C27H19Cl2NO5. The van der Waals surface area contributed by atoms with Crippen LogP contribution in [-0.2, 0) is 4.79 Å². The maximum atomic E-state index is 13.8. The number of furan rings is 1. The number of benzene rings is 3. The minimum atomic E-state index is -0.880. The van der Waals surface area contributed by atoms with Gasteiger partial charge < -0.3 is 14.3 Å². The second kappa shape index (κ2) is 8.80. The van der Waals surface area contributed by atoms with E-state index >= 15 is 0 Å². The monoisotopic (exact) mass is 507 g/mol. The zero-order chi connectivity index (χ0) is 24.9. The molecule has 35 heavy (non-hydrogen) atoms. The fourth-order valence-corrected chi connectivity index (χ4v) is 4.69. The molecule has 0 spiro atoms. The number of nitrogens with zero attached hydrogens (tertiary/aromatic N) is 1. The minimum Gasteiger partial charge on any atom is -0.503 e. The molecule has 2 heterocycles. The number of carbonyl (C=O) groups excluding carboxylic acids is 2. The van der Waals surface area contributed by atoms with E-state index in [4.69, 9.17) is 32.4 Å². The molecule has 4 aromatic rings. The van der Waals surface area contributed by atoms with Gasteiger partial charge in [0.2, 0.25) is 5.78 Å². The van der Waals surface area contributed by atoms with Crippen LogP contribution in [0.15, 0.2) is 82.5 Å². The summed E-state index contributed by atoms with van der Waals surface area (Å²) in [6.45, 7) is 1.91. The molecule has 3 aromatic carbocycles. The number of anilines is 1. The fourth-order valence-electron chi connectivity index (χ4n) is 4.34. The first kappa shape index (κ1) is 23.0. The second-order valence-corrected chi connectivity index (χ2v) is 9.07. The van der Waals surface area contributed by atoms with Crippen LogP contribution < -0.4 is 9.64 Å². The van der Waals surface area contributed by atoms with E-state index < -0.39 is 23.5 Å². The van der Waals surface area contributed by atoms with Crippen molar-refractivity contribution >= 4 is 51.5 Å². The lowest BCUT2D eigenvalue weighted by molar-refractivity contribution is -0.117. The number of aliphatic hydroxyl groups is 1. The highest BCUT2D eigenvalue weighted by Gasteiger charge is 2.45. The highest BCUT2D eigenvalue weighted by molar-refractivity contribution is 6.31. The first-order chi connectivity index (χ1) is 16.8. The third kappa shape index (κ3) is 3.95. The molecule has 0 fully saturated rings. The summed E-state index contributed by atoms with van der Waals surface area (Å²) in [6.07, 6.45) is 0. The van der Waals surface area contributed by atoms with Gasteiger partial charge in [-0.1, -0.05) is 53.0 Å². The maximum absolute atomic E-state index is 13.8. The summed E-state index contributed by atoms with van der Waals surface area (Å²) in [5, 5.41) is 12.4. The van der Waals surface area contributed by atoms with Crippen molar-refractivity contribution in [2.24, 2.45) is 0 Å². The topological polar surface area (TPSA) is 80.0 Å². The van der Waals surface area contributed by atoms with Crippen molar-refractivity contribution < 1.29 is 23.8 Å². The number of amides is 1. The van der Waals surface area contributed by atoms with E-state index in [1.807, 2.05) is 25.1 Å². The summed E-state index contributed by atoms with van der Waals surface area (Å²) in [5.74, 6) is -1.63. The fraction of sp³-hybridized carbons (Fsp3) is 0.111. The standard InChI is InChI=1S/C27H19Cl2NO5/c1-14-4-3-5-15(10-14)23-22(25(32)27(33)30(23)19-8-6-17(28)7-9-19)24(31)20-12-16-11-18(29)13-21(34-2)26(16)35-20/h3-13,23,32H,1-2H3. The lowest BCUT2D eigenvalue weighted by Gasteiger charge is -2.27. The Kier molecular flexibility index (Phi) is 5.79. The van der Waals surface area contributed by atoms with Gasteiger partial charge in [0.25, 0.3) is 5.91 Å². The predicted octanol–water partition coefficient (Wildman–Crippen LogP) is 6.84. The number of rotatable bonds is 5. The number of hydrogen-bond donors (Lipinski definition) is 1. The molecule has 0 saturated heterocycles. The Morgan fingerprint density at radius 1 is 1.03 bits per heavy atom. The van der Waals surface area contributed by atoms with Crippen molar-refractivity contribution in [3.8, 4) is 5.75 Å². The summed E-state index contributed by atoms with van der Waals surface area (Å²) in [5.41, 5.74) is 2.34. The highest BCUT2D eigenvalue weighted by Crippen LogP contribution is 2.43. The molecular weight excluding hydrogens is 489 g/mol. The first-order valence-corrected chi connectivity index (χ1v) is 11.4. The maximum Gasteiger partial charge on any atom is 0.294 e. The zero-order valence-corrected chi connectivity index (χ0v) is 20.2. The van der Waals surface area contributed by atoms with E-state index in [9.17, 15) is 14.7 Å². The molecule has 5 rings (SSSR count). The average molecular weight is 508 g/mol. The average Bonchev–Trinajstić information content (AvgIpc) is 3.38. The third-order valence-electron chi connectivity index (χ3n) is 5.91. The van der Waals surface area contributed by atoms with Gasteiger partial charge in [0, 0.05) is 27.2 Å². The number of halogens is 2. The molecule has 6 nitrogen and oxygen atoms in total. The highest BCUT2D eigenvalue weighted by atomic mass is 35.5. The molecule has 8 heteroatoms. The summed E-state index contributed by atoms with van der Waals surface area (Å²) in [6, 6.07) is 17.9. The van der Waals surface area contributed by atoms with Crippen LogP contribution in [0.4, 0.5) is 5.69 Å². The molecule has 1 aromatic heterocycles. The van der Waals surface area contributed by atoms with E-state index in [2.05, 4.69) is 0 Å². The summed E-state index contributed by atoms with van der Waals surface area (Å²) in [7, 11) is 1.47. The molecule has 0 bridgehead atoms. The van der Waals surface area contributed by atoms with Crippen LogP contribution in [0, 0.1) is 6.92 Å². The number of carbonyl (C=O) groups is 2. The van der Waals surface area contributed by atoms with Gasteiger partial charge in [0.15, 0.2) is 22.9 Å². The van der Waals surface area contributed by atoms with Crippen LogP contribution in [-0.4, -0.2) is 23.9 Å². The van der Waals surface area contributed by atoms with Gasteiger partial charge in [0.1, 0.15) is 0 Å². The SMILES string of the molecule is COc1cc(Cl)cc2cc(C(=O)C3=C(O)C(=O)N(c4ccc(Cl)cc4)C3c3cccc(C)c3)oc12. The van der Waals surface area contributed by atoms with E-state index in [1.165, 1.54) is 18.1 Å². The number of fused-ring (bicyclic) bond motifs is 1. The molecule has 1 aliphatic heterocycles. The van der Waals surface area contributed by atoms with Crippen molar-refractivity contribution in [1.29, 1.82) is 0 Å². The zero-order valence-electron chi connectivity index (χ0n) is 18.7. The lowest BCUT2D eigenvalue weighted by atomic mass is 9.94. The van der Waals surface area contributed by atoms with Crippen LogP contribution in [0.25, 0.3) is 11.0 Å². The van der Waals surface area contributed by atoms with Gasteiger partial charge >= 0.3 is 0 Å². The van der Waals surface area contributed by atoms with Crippen molar-refractivity contribution in [1.82, 2.24) is 0 Å². The van der Waals surface area contributed by atoms with Crippen LogP contribution in [0.2, 0.25) is 10.0 Å².